The van der Waals surface area contributed by atoms with E-state index < -0.39 is 0 Å². The van der Waals surface area contributed by atoms with Crippen LogP contribution in [0, 0.1) is 17.9 Å². The molecular weight excluding hydrogens is 1070 g/mol. The van der Waals surface area contributed by atoms with Crippen LogP contribution >= 0.6 is 0 Å². The molecule has 7 heteroatoms. The van der Waals surface area contributed by atoms with Gasteiger partial charge in [0.25, 0.3) is 0 Å². The first kappa shape index (κ1) is 48.2. The Morgan fingerprint density at radius 3 is 0.966 bits per heavy atom. The van der Waals surface area contributed by atoms with Crippen molar-refractivity contribution in [3.8, 4) is 45.6 Å². The van der Waals surface area contributed by atoms with Gasteiger partial charge in [-0.25, -0.2) is 4.85 Å². The average Bonchev–Trinajstić information content (AvgIpc) is 1.75. The smallest absolute Gasteiger partial charge is 0.238 e. The number of fused-ring (bicyclic) bond motifs is 18. The van der Waals surface area contributed by atoms with Gasteiger partial charge in [0.05, 0.1) is 84.5 Å². The van der Waals surface area contributed by atoms with Gasteiger partial charge >= 0.3 is 0 Å². The molecule has 1 aliphatic rings. The minimum absolute atomic E-state index is 0.0153. The summed E-state index contributed by atoms with van der Waals surface area (Å²) >= 11 is 0. The maximum atomic E-state index is 13.0. The van der Waals surface area contributed by atoms with E-state index in [2.05, 4.69) is 308 Å². The van der Waals surface area contributed by atoms with E-state index in [0.29, 0.717) is 34.0 Å². The summed E-state index contributed by atoms with van der Waals surface area (Å²) in [6.07, 6.45) is 0. The molecule has 5 aromatic heterocycles. The molecule has 0 bridgehead atoms. The Morgan fingerprint density at radius 1 is 0.295 bits per heavy atom. The third-order valence-corrected chi connectivity index (χ3v) is 19.0. The fourth-order valence-corrected chi connectivity index (χ4v) is 15.6. The molecule has 0 atom stereocenters. The van der Waals surface area contributed by atoms with Gasteiger partial charge in [0.1, 0.15) is 11.6 Å². The molecule has 0 saturated heterocycles. The van der Waals surface area contributed by atoms with E-state index in [0.717, 1.165) is 104 Å². The van der Waals surface area contributed by atoms with Gasteiger partial charge in [0.15, 0.2) is 0 Å². The van der Waals surface area contributed by atoms with Gasteiger partial charge < -0.3 is 22.8 Å². The van der Waals surface area contributed by atoms with Crippen molar-refractivity contribution in [2.24, 2.45) is 0 Å². The molecule has 88 heavy (non-hydrogen) atoms. The van der Waals surface area contributed by atoms with Crippen LogP contribution in [-0.2, 0) is 0 Å². The molecule has 18 aromatic rings. The number of hydrogen-bond donors (Lipinski definition) is 0. The Kier molecular flexibility index (Phi) is 9.96. The van der Waals surface area contributed by atoms with Crippen molar-refractivity contribution in [3.05, 3.63) is 313 Å². The normalized spacial score (nSPS) is 12.5. The standard InChI is InChI=1S/C81H47N7/c1-83-77-80(87-70-38-18-10-28-57(70)58-29-11-19-39-71(58)87)79(86-72-40-20-13-31-60(72)64-47-50(43-45-75(64)86)84-66-34-14-6-24-53(66)54-25-7-15-35-67(54)84)65(48-82)78(85-68-36-16-8-26-55(68)56-27-9-17-37-69(56)85)81(77)88-73-41-21-12-30-59(73)63-46-49(42-44-74(63)88)76-61-32-4-2-22-51(61)52-23-3-5-33-62(52)76/h2-47,76H. The summed E-state index contributed by atoms with van der Waals surface area (Å²) in [5.74, 6) is 0.0153. The van der Waals surface area contributed by atoms with Crippen LogP contribution in [0.5, 0.6) is 0 Å². The average molecular weight is 1120 g/mol. The third kappa shape index (κ3) is 6.38. The van der Waals surface area contributed by atoms with Crippen LogP contribution in [-0.4, -0.2) is 22.8 Å². The van der Waals surface area contributed by atoms with Gasteiger partial charge in [-0.3, -0.25) is 0 Å². The SMILES string of the molecule is [C-]#[N+]c1c(-n2c3ccccc3c3ccccc32)c(-n2c3ccccc3c3cc(-n4c5ccccc5c5ccccc54)ccc32)c(C#N)c(-n2c3ccccc3c3ccccc32)c1-n1c2ccccc2c2cc(C3c4ccccc4-c4ccccc43)ccc21. The molecule has 0 amide bonds. The summed E-state index contributed by atoms with van der Waals surface area (Å²) in [4.78, 5) is 4.95. The zero-order chi connectivity index (χ0) is 57.9. The summed E-state index contributed by atoms with van der Waals surface area (Å²) in [6.45, 7) is 10.1. The van der Waals surface area contributed by atoms with Crippen LogP contribution in [0.25, 0.3) is 153 Å². The Balaban J connectivity index is 1.01. The lowest BCUT2D eigenvalue weighted by Gasteiger charge is -2.27. The fraction of sp³-hybridized carbons (Fsp3) is 0.0123. The topological polar surface area (TPSA) is 52.8 Å². The zero-order valence-electron chi connectivity index (χ0n) is 47.3. The minimum atomic E-state index is 0.0153. The van der Waals surface area contributed by atoms with Crippen molar-refractivity contribution in [3.63, 3.8) is 0 Å². The zero-order valence-corrected chi connectivity index (χ0v) is 47.3. The van der Waals surface area contributed by atoms with E-state index in [1.54, 1.807) is 0 Å². The molecule has 0 radical (unpaired) electrons. The number of aromatic nitrogens is 5. The second-order valence-corrected chi connectivity index (χ2v) is 23.2. The van der Waals surface area contributed by atoms with Crippen LogP contribution in [0.15, 0.2) is 279 Å². The lowest BCUT2D eigenvalue weighted by molar-refractivity contribution is 1.02. The molecule has 19 rings (SSSR count). The van der Waals surface area contributed by atoms with E-state index in [1.165, 1.54) is 38.6 Å². The molecule has 7 nitrogen and oxygen atoms in total. The highest BCUT2D eigenvalue weighted by molar-refractivity contribution is 6.18. The van der Waals surface area contributed by atoms with Gasteiger partial charge in [-0.1, -0.05) is 200 Å². The number of para-hydroxylation sites is 8. The maximum Gasteiger partial charge on any atom is 0.238 e. The minimum Gasteiger partial charge on any atom is -0.317 e. The Hall–Kier alpha value is -12.2. The van der Waals surface area contributed by atoms with Crippen LogP contribution in [0.4, 0.5) is 5.69 Å². The third-order valence-electron chi connectivity index (χ3n) is 19.0. The first-order chi connectivity index (χ1) is 43.7. The molecule has 0 spiro atoms. The van der Waals surface area contributed by atoms with Crippen molar-refractivity contribution >= 4 is 115 Å². The quantitative estimate of drug-likeness (QED) is 0.153. The fourth-order valence-electron chi connectivity index (χ4n) is 15.6. The van der Waals surface area contributed by atoms with Crippen LogP contribution < -0.4 is 0 Å². The van der Waals surface area contributed by atoms with E-state index in [1.807, 2.05) is 0 Å². The van der Waals surface area contributed by atoms with E-state index in [4.69, 9.17) is 4.85 Å². The van der Waals surface area contributed by atoms with Crippen LogP contribution in [0.1, 0.15) is 28.2 Å². The predicted molar refractivity (Wildman–Crippen MR) is 362 cm³/mol. The second-order valence-electron chi connectivity index (χ2n) is 23.2. The molecule has 406 valence electrons. The molecule has 1 aliphatic carbocycles. The van der Waals surface area contributed by atoms with E-state index >= 15 is 0 Å². The lowest BCUT2D eigenvalue weighted by Crippen LogP contribution is -2.14. The van der Waals surface area contributed by atoms with Crippen molar-refractivity contribution in [1.82, 2.24) is 22.8 Å². The molecule has 0 N–H and O–H groups in total. The number of rotatable bonds is 6. The van der Waals surface area contributed by atoms with E-state index in [9.17, 15) is 11.8 Å². The molecular formula is C81H47N7. The molecule has 5 heterocycles. The summed E-state index contributed by atoms with van der Waals surface area (Å²) in [7, 11) is 0. The summed E-state index contributed by atoms with van der Waals surface area (Å²) in [6, 6.07) is 103. The first-order valence-corrected chi connectivity index (χ1v) is 29.9. The van der Waals surface area contributed by atoms with E-state index in [-0.39, 0.29) is 5.92 Å². The van der Waals surface area contributed by atoms with Crippen molar-refractivity contribution in [1.29, 1.82) is 5.26 Å². The van der Waals surface area contributed by atoms with Crippen molar-refractivity contribution in [2.45, 2.75) is 5.92 Å². The molecule has 0 unspecified atom stereocenters. The van der Waals surface area contributed by atoms with Crippen LogP contribution in [0.3, 0.4) is 0 Å². The molecule has 0 saturated carbocycles. The van der Waals surface area contributed by atoms with Gasteiger partial charge in [-0.05, 0) is 107 Å². The number of benzene rings is 13. The Labute approximate surface area is 504 Å². The molecule has 0 fully saturated rings. The number of hydrogen-bond acceptors (Lipinski definition) is 1. The van der Waals surface area contributed by atoms with Gasteiger partial charge in [-0.2, -0.15) is 5.26 Å². The predicted octanol–water partition coefficient (Wildman–Crippen LogP) is 20.8. The Morgan fingerprint density at radius 2 is 0.591 bits per heavy atom. The summed E-state index contributed by atoms with van der Waals surface area (Å²) < 4.78 is 11.5. The highest BCUT2D eigenvalue weighted by Gasteiger charge is 2.36. The van der Waals surface area contributed by atoms with Gasteiger partial charge in [0, 0.05) is 65.5 Å². The number of nitriles is 1. The highest BCUT2D eigenvalue weighted by atomic mass is 15.1. The number of nitrogens with zero attached hydrogens (tertiary/aromatic N) is 7. The second kappa shape index (κ2) is 18.2. The highest BCUT2D eigenvalue weighted by Crippen LogP contribution is 2.54. The summed E-state index contributed by atoms with van der Waals surface area (Å²) in [5, 5.41) is 23.7. The molecule has 13 aromatic carbocycles. The van der Waals surface area contributed by atoms with Gasteiger partial charge in [0.2, 0.25) is 5.69 Å². The molecule has 0 aliphatic heterocycles. The monoisotopic (exact) mass is 1120 g/mol. The van der Waals surface area contributed by atoms with Crippen molar-refractivity contribution in [2.75, 3.05) is 0 Å². The summed E-state index contributed by atoms with van der Waals surface area (Å²) in [5.41, 5.74) is 20.2. The maximum absolute atomic E-state index is 13.0. The van der Waals surface area contributed by atoms with Crippen molar-refractivity contribution < 1.29 is 0 Å². The Bertz CT molecular complexity index is 5970. The van der Waals surface area contributed by atoms with Crippen LogP contribution in [0.2, 0.25) is 0 Å². The first-order valence-electron chi connectivity index (χ1n) is 29.9. The van der Waals surface area contributed by atoms with Gasteiger partial charge in [-0.15, -0.1) is 0 Å². The largest absolute Gasteiger partial charge is 0.317 e. The lowest BCUT2D eigenvalue weighted by atomic mass is 9.88.